The van der Waals surface area contributed by atoms with Gasteiger partial charge in [0.15, 0.2) is 16.6 Å². The van der Waals surface area contributed by atoms with Crippen LogP contribution in [0.4, 0.5) is 0 Å². The van der Waals surface area contributed by atoms with Gasteiger partial charge in [-0.3, -0.25) is 0 Å². The molecule has 0 aliphatic heterocycles. The van der Waals surface area contributed by atoms with Gasteiger partial charge in [0.05, 0.1) is 13.2 Å². The Balaban J connectivity index is 5.84. The molecule has 0 spiro atoms. The van der Waals surface area contributed by atoms with E-state index in [9.17, 15) is 0 Å². The predicted molar refractivity (Wildman–Crippen MR) is 132 cm³/mol. The molecule has 0 saturated carbocycles. The van der Waals surface area contributed by atoms with Gasteiger partial charge in [0.2, 0.25) is 0 Å². The SMILES string of the molecule is [C]#C/C(CO[Si](C)(C)C(C)(C)C)=C(/C#C[Si](C)(C)C)CO[Si](C)(C)C(C)(C)C. The summed E-state index contributed by atoms with van der Waals surface area (Å²) in [5, 5.41) is 0.262. The fourth-order valence-electron chi connectivity index (χ4n) is 1.60. The summed E-state index contributed by atoms with van der Waals surface area (Å²) in [7, 11) is -5.35. The second kappa shape index (κ2) is 9.49. The maximum absolute atomic E-state index is 7.87. The van der Waals surface area contributed by atoms with Crippen LogP contribution in [0.25, 0.3) is 0 Å². The first-order chi connectivity index (χ1) is 12.2. The highest BCUT2D eigenvalue weighted by atomic mass is 28.4. The first-order valence-electron chi connectivity index (χ1n) is 10.2. The lowest BCUT2D eigenvalue weighted by atomic mass is 10.1. The minimum absolute atomic E-state index is 0.127. The molecule has 0 amide bonds. The van der Waals surface area contributed by atoms with Crippen molar-refractivity contribution in [3.63, 3.8) is 0 Å². The topological polar surface area (TPSA) is 18.5 Å². The zero-order chi connectivity index (χ0) is 22.6. The fourth-order valence-corrected chi connectivity index (χ4v) is 4.00. The molecular formula is C23H43O2Si3. The van der Waals surface area contributed by atoms with Crippen LogP contribution in [-0.4, -0.2) is 37.9 Å². The lowest BCUT2D eigenvalue weighted by Crippen LogP contribution is -2.42. The minimum atomic E-state index is -1.91. The Kier molecular flexibility index (Phi) is 9.30. The summed E-state index contributed by atoms with van der Waals surface area (Å²) in [5.74, 6) is 5.96. The summed E-state index contributed by atoms with van der Waals surface area (Å²) < 4.78 is 12.8. The Labute approximate surface area is 179 Å². The maximum Gasteiger partial charge on any atom is 0.192 e. The molecule has 0 atom stereocenters. The van der Waals surface area contributed by atoms with Crippen molar-refractivity contribution < 1.29 is 8.85 Å². The molecule has 0 aromatic heterocycles. The van der Waals surface area contributed by atoms with E-state index in [2.05, 4.69) is 105 Å². The van der Waals surface area contributed by atoms with Gasteiger partial charge in [-0.05, 0) is 42.7 Å². The number of hydrogen-bond donors (Lipinski definition) is 0. The van der Waals surface area contributed by atoms with E-state index in [0.29, 0.717) is 13.2 Å². The Morgan fingerprint density at radius 3 is 1.36 bits per heavy atom. The van der Waals surface area contributed by atoms with Crippen LogP contribution >= 0.6 is 0 Å². The Hall–Kier alpha value is -0.569. The van der Waals surface area contributed by atoms with Crippen molar-refractivity contribution in [3.8, 4) is 17.4 Å². The zero-order valence-corrected chi connectivity index (χ0v) is 23.7. The van der Waals surface area contributed by atoms with Crippen LogP contribution in [0.5, 0.6) is 0 Å². The minimum Gasteiger partial charge on any atom is -0.412 e. The summed E-state index contributed by atoms with van der Waals surface area (Å²) in [6.45, 7) is 29.9. The molecule has 0 aromatic carbocycles. The van der Waals surface area contributed by atoms with Gasteiger partial charge < -0.3 is 8.85 Å². The van der Waals surface area contributed by atoms with Gasteiger partial charge in [-0.2, -0.15) is 0 Å². The summed E-state index contributed by atoms with van der Waals surface area (Å²) in [6, 6.07) is 0. The smallest absolute Gasteiger partial charge is 0.192 e. The Bertz CT molecular complexity index is 664. The zero-order valence-electron chi connectivity index (χ0n) is 20.7. The van der Waals surface area contributed by atoms with E-state index in [1.54, 1.807) is 0 Å². The first kappa shape index (κ1) is 27.4. The van der Waals surface area contributed by atoms with Gasteiger partial charge in [-0.25, -0.2) is 0 Å². The molecule has 0 heterocycles. The van der Waals surface area contributed by atoms with Gasteiger partial charge in [-0.15, -0.1) is 5.54 Å². The van der Waals surface area contributed by atoms with Crippen molar-refractivity contribution in [1.82, 2.24) is 0 Å². The number of rotatable bonds is 6. The predicted octanol–water partition coefficient (Wildman–Crippen LogP) is 6.80. The van der Waals surface area contributed by atoms with Crippen LogP contribution in [0, 0.1) is 23.8 Å². The third-order valence-electron chi connectivity index (χ3n) is 5.87. The maximum atomic E-state index is 7.87. The fraction of sp³-hybridized carbons (Fsp3) is 0.739. The molecule has 0 saturated heterocycles. The standard InChI is InChI=1S/C23H43O2Si3/c1-15-20(18-24-27(11,12)22(2,3)4)21(16-17-26(8,9)10)19-25-28(13,14)23(5,6)7/h18-19H2,2-14H3/b21-20+. The summed E-state index contributed by atoms with van der Waals surface area (Å²) in [4.78, 5) is 0. The molecule has 28 heavy (non-hydrogen) atoms. The second-order valence-electron chi connectivity index (χ2n) is 11.7. The molecule has 2 nitrogen and oxygen atoms in total. The monoisotopic (exact) mass is 435 g/mol. The average molecular weight is 436 g/mol. The largest absolute Gasteiger partial charge is 0.412 e. The Morgan fingerprint density at radius 1 is 0.714 bits per heavy atom. The molecular weight excluding hydrogens is 393 g/mol. The Morgan fingerprint density at radius 2 is 1.07 bits per heavy atom. The van der Waals surface area contributed by atoms with E-state index < -0.39 is 24.7 Å². The number of hydrogen-bond acceptors (Lipinski definition) is 2. The van der Waals surface area contributed by atoms with Gasteiger partial charge >= 0.3 is 0 Å². The van der Waals surface area contributed by atoms with E-state index in [1.807, 2.05) is 0 Å². The summed E-state index contributed by atoms with van der Waals surface area (Å²) in [5.41, 5.74) is 5.03. The van der Waals surface area contributed by atoms with E-state index >= 15 is 0 Å². The summed E-state index contributed by atoms with van der Waals surface area (Å²) in [6.07, 6.45) is 7.87. The van der Waals surface area contributed by atoms with Gasteiger partial charge in [0, 0.05) is 11.1 Å². The van der Waals surface area contributed by atoms with Crippen LogP contribution in [0.2, 0.25) is 55.9 Å². The van der Waals surface area contributed by atoms with Gasteiger partial charge in [0.1, 0.15) is 8.07 Å². The van der Waals surface area contributed by atoms with Crippen molar-refractivity contribution in [3.05, 3.63) is 17.6 Å². The molecule has 0 aromatic rings. The van der Waals surface area contributed by atoms with Crippen LogP contribution in [-0.2, 0) is 8.85 Å². The lowest BCUT2D eigenvalue weighted by Gasteiger charge is -2.37. The molecule has 0 rings (SSSR count). The first-order valence-corrected chi connectivity index (χ1v) is 19.5. The van der Waals surface area contributed by atoms with Crippen LogP contribution < -0.4 is 0 Å². The van der Waals surface area contributed by atoms with Crippen LogP contribution in [0.15, 0.2) is 11.1 Å². The van der Waals surface area contributed by atoms with Crippen molar-refractivity contribution in [1.29, 1.82) is 0 Å². The van der Waals surface area contributed by atoms with Crippen molar-refractivity contribution in [2.45, 2.75) is 97.4 Å². The second-order valence-corrected chi connectivity index (χ2v) is 26.0. The van der Waals surface area contributed by atoms with Crippen LogP contribution in [0.1, 0.15) is 41.5 Å². The molecule has 0 unspecified atom stereocenters. The van der Waals surface area contributed by atoms with Gasteiger partial charge in [-0.1, -0.05) is 73.0 Å². The van der Waals surface area contributed by atoms with Crippen LogP contribution in [0.3, 0.4) is 0 Å². The molecule has 159 valence electrons. The van der Waals surface area contributed by atoms with E-state index in [4.69, 9.17) is 15.3 Å². The lowest BCUT2D eigenvalue weighted by molar-refractivity contribution is 0.308. The molecule has 0 bridgehead atoms. The highest BCUT2D eigenvalue weighted by Crippen LogP contribution is 2.38. The molecule has 0 aliphatic carbocycles. The van der Waals surface area contributed by atoms with Gasteiger partial charge in [0.25, 0.3) is 0 Å². The van der Waals surface area contributed by atoms with Crippen molar-refractivity contribution >= 4 is 24.7 Å². The quantitative estimate of drug-likeness (QED) is 0.337. The summed E-state index contributed by atoms with van der Waals surface area (Å²) >= 11 is 0. The van der Waals surface area contributed by atoms with E-state index in [1.165, 1.54) is 0 Å². The third-order valence-corrected chi connectivity index (χ3v) is 15.7. The third kappa shape index (κ3) is 8.84. The highest BCUT2D eigenvalue weighted by Gasteiger charge is 2.38. The highest BCUT2D eigenvalue weighted by molar-refractivity contribution is 6.83. The van der Waals surface area contributed by atoms with E-state index in [0.717, 1.165) is 11.1 Å². The molecule has 5 heteroatoms. The average Bonchev–Trinajstić information content (AvgIpc) is 2.46. The molecule has 1 radical (unpaired) electrons. The van der Waals surface area contributed by atoms with Crippen molar-refractivity contribution in [2.75, 3.05) is 13.2 Å². The molecule has 0 fully saturated rings. The molecule has 0 N–H and O–H groups in total. The normalized spacial score (nSPS) is 14.7. The van der Waals surface area contributed by atoms with Crippen molar-refractivity contribution in [2.24, 2.45) is 0 Å². The molecule has 0 aliphatic rings. The van der Waals surface area contributed by atoms with E-state index in [-0.39, 0.29) is 10.1 Å².